The third kappa shape index (κ3) is 4.11. The van der Waals surface area contributed by atoms with Crippen LogP contribution in [0.3, 0.4) is 0 Å². The Bertz CT molecular complexity index is 1570. The minimum absolute atomic E-state index is 0.132. The Kier molecular flexibility index (Phi) is 5.51. The van der Waals surface area contributed by atoms with Crippen LogP contribution < -0.4 is 5.56 Å². The number of carbonyl (C=O) groups excluding carboxylic acids is 1. The topological polar surface area (TPSA) is 86.7 Å². The lowest BCUT2D eigenvalue weighted by atomic mass is 10.1. The Balaban J connectivity index is 1.39. The average Bonchev–Trinajstić information content (AvgIpc) is 3.33. The van der Waals surface area contributed by atoms with E-state index in [0.717, 1.165) is 16.8 Å². The second-order valence-corrected chi connectivity index (χ2v) is 7.96. The van der Waals surface area contributed by atoms with Crippen LogP contribution in [0.25, 0.3) is 28.4 Å². The van der Waals surface area contributed by atoms with Gasteiger partial charge in [-0.1, -0.05) is 48.0 Å². The van der Waals surface area contributed by atoms with Gasteiger partial charge in [0.2, 0.25) is 5.89 Å². The van der Waals surface area contributed by atoms with Crippen LogP contribution in [0.2, 0.25) is 0 Å². The highest BCUT2D eigenvalue weighted by Gasteiger charge is 2.18. The molecule has 0 saturated heterocycles. The molecule has 0 atom stereocenters. The number of nitrogens with zero attached hydrogens (tertiary/aromatic N) is 3. The van der Waals surface area contributed by atoms with Crippen molar-refractivity contribution in [3.05, 3.63) is 112 Å². The predicted octanol–water partition coefficient (Wildman–Crippen LogP) is 4.99. The maximum Gasteiger partial charge on any atom is 0.339 e. The summed E-state index contributed by atoms with van der Waals surface area (Å²) in [5.41, 5.74) is 4.31. The number of rotatable bonds is 5. The van der Waals surface area contributed by atoms with Gasteiger partial charge in [0.05, 0.1) is 23.0 Å². The van der Waals surface area contributed by atoms with Crippen molar-refractivity contribution in [2.24, 2.45) is 0 Å². The molecular formula is C27H21N3O4. The molecule has 0 amide bonds. The summed E-state index contributed by atoms with van der Waals surface area (Å²) in [7, 11) is 0. The molecule has 0 saturated carbocycles. The van der Waals surface area contributed by atoms with E-state index in [9.17, 15) is 9.59 Å². The molecule has 0 spiro atoms. The number of hydrogen-bond donors (Lipinski definition) is 0. The van der Waals surface area contributed by atoms with Crippen LogP contribution in [0, 0.1) is 13.8 Å². The van der Waals surface area contributed by atoms with Gasteiger partial charge in [0.1, 0.15) is 12.3 Å². The van der Waals surface area contributed by atoms with E-state index < -0.39 is 5.97 Å². The van der Waals surface area contributed by atoms with Gasteiger partial charge in [-0.05, 0) is 38.1 Å². The zero-order valence-corrected chi connectivity index (χ0v) is 18.7. The first kappa shape index (κ1) is 21.3. The fourth-order valence-electron chi connectivity index (χ4n) is 3.75. The first-order valence-electron chi connectivity index (χ1n) is 10.8. The number of fused-ring (bicyclic) bond motifs is 1. The van der Waals surface area contributed by atoms with Gasteiger partial charge in [-0.2, -0.15) is 0 Å². The van der Waals surface area contributed by atoms with E-state index in [1.807, 2.05) is 50.2 Å². The van der Waals surface area contributed by atoms with Crippen LogP contribution in [-0.4, -0.2) is 20.3 Å². The number of carbonyl (C=O) groups is 1. The molecule has 2 aromatic carbocycles. The quantitative estimate of drug-likeness (QED) is 0.350. The van der Waals surface area contributed by atoms with Gasteiger partial charge in [0, 0.05) is 17.3 Å². The highest BCUT2D eigenvalue weighted by molar-refractivity contribution is 5.96. The van der Waals surface area contributed by atoms with Gasteiger partial charge in [-0.25, -0.2) is 14.8 Å². The van der Waals surface area contributed by atoms with E-state index in [1.165, 1.54) is 10.5 Å². The van der Waals surface area contributed by atoms with Gasteiger partial charge < -0.3 is 9.15 Å². The summed E-state index contributed by atoms with van der Waals surface area (Å²) in [5.74, 6) is 0.368. The molecular weight excluding hydrogens is 430 g/mol. The SMILES string of the molecule is Cc1ccc(-c2cnc(-c3ccccc3C(=O)OCc3cc(=O)n4c(C)cccc4n3)o2)cc1. The molecule has 0 aliphatic rings. The summed E-state index contributed by atoms with van der Waals surface area (Å²) in [6, 6.07) is 21.6. The van der Waals surface area contributed by atoms with Crippen molar-refractivity contribution in [3.8, 4) is 22.8 Å². The summed E-state index contributed by atoms with van der Waals surface area (Å²) < 4.78 is 13.0. The molecule has 3 aromatic heterocycles. The highest BCUT2D eigenvalue weighted by atomic mass is 16.5. The molecule has 0 aliphatic carbocycles. The Morgan fingerprint density at radius 1 is 1.00 bits per heavy atom. The van der Waals surface area contributed by atoms with Crippen LogP contribution in [0.4, 0.5) is 0 Å². The number of benzene rings is 2. The lowest BCUT2D eigenvalue weighted by Crippen LogP contribution is -2.18. The molecule has 5 rings (SSSR count). The standard InChI is InChI=1S/C27H21N3O4/c1-17-10-12-19(13-11-17)23-15-28-26(34-23)21-7-3-4-8-22(21)27(32)33-16-20-14-25(31)30-18(2)6-5-9-24(30)29-20/h3-15H,16H2,1-2H3. The van der Waals surface area contributed by atoms with E-state index in [0.29, 0.717) is 34.1 Å². The van der Waals surface area contributed by atoms with Crippen molar-refractivity contribution in [1.82, 2.24) is 14.4 Å². The number of pyridine rings is 1. The molecule has 0 aliphatic heterocycles. The van der Waals surface area contributed by atoms with E-state index in [-0.39, 0.29) is 12.2 Å². The van der Waals surface area contributed by atoms with Crippen molar-refractivity contribution in [1.29, 1.82) is 0 Å². The van der Waals surface area contributed by atoms with Crippen LogP contribution in [0.1, 0.15) is 27.3 Å². The molecule has 3 heterocycles. The maximum atomic E-state index is 12.9. The summed E-state index contributed by atoms with van der Waals surface area (Å²) in [6.45, 7) is 3.72. The number of esters is 1. The van der Waals surface area contributed by atoms with Crippen molar-refractivity contribution < 1.29 is 13.9 Å². The van der Waals surface area contributed by atoms with Gasteiger partial charge in [-0.3, -0.25) is 9.20 Å². The molecule has 5 aromatic rings. The van der Waals surface area contributed by atoms with Crippen LogP contribution >= 0.6 is 0 Å². The number of ether oxygens (including phenoxy) is 1. The first-order valence-corrected chi connectivity index (χ1v) is 10.8. The Hall–Kier alpha value is -4.52. The van der Waals surface area contributed by atoms with Crippen LogP contribution in [0.5, 0.6) is 0 Å². The number of aromatic nitrogens is 3. The molecule has 0 bridgehead atoms. The molecule has 34 heavy (non-hydrogen) atoms. The maximum absolute atomic E-state index is 12.9. The van der Waals surface area contributed by atoms with Crippen LogP contribution in [0.15, 0.2) is 88.2 Å². The number of oxazole rings is 1. The van der Waals surface area contributed by atoms with Gasteiger partial charge in [0.15, 0.2) is 5.76 Å². The average molecular weight is 451 g/mol. The summed E-state index contributed by atoms with van der Waals surface area (Å²) in [6.07, 6.45) is 1.64. The highest BCUT2D eigenvalue weighted by Crippen LogP contribution is 2.29. The van der Waals surface area contributed by atoms with E-state index in [2.05, 4.69) is 9.97 Å². The van der Waals surface area contributed by atoms with Gasteiger partial charge in [-0.15, -0.1) is 0 Å². The second-order valence-electron chi connectivity index (χ2n) is 7.96. The zero-order chi connectivity index (χ0) is 23.7. The van der Waals surface area contributed by atoms with Crippen LogP contribution in [-0.2, 0) is 11.3 Å². The minimum atomic E-state index is -0.558. The normalized spacial score (nSPS) is 11.0. The smallest absolute Gasteiger partial charge is 0.339 e. The largest absolute Gasteiger partial charge is 0.456 e. The lowest BCUT2D eigenvalue weighted by molar-refractivity contribution is 0.0468. The van der Waals surface area contributed by atoms with E-state index in [4.69, 9.17) is 9.15 Å². The molecule has 168 valence electrons. The van der Waals surface area contributed by atoms with Gasteiger partial charge in [0.25, 0.3) is 5.56 Å². The summed E-state index contributed by atoms with van der Waals surface area (Å²) in [5, 5.41) is 0. The van der Waals surface area contributed by atoms with Crippen molar-refractivity contribution in [2.45, 2.75) is 20.5 Å². The molecule has 7 heteroatoms. The van der Waals surface area contributed by atoms with Gasteiger partial charge >= 0.3 is 5.97 Å². The Morgan fingerprint density at radius 2 is 1.79 bits per heavy atom. The second kappa shape index (κ2) is 8.78. The first-order chi connectivity index (χ1) is 16.5. The zero-order valence-electron chi connectivity index (χ0n) is 18.7. The molecule has 0 unspecified atom stereocenters. The summed E-state index contributed by atoms with van der Waals surface area (Å²) >= 11 is 0. The Labute approximate surface area is 195 Å². The fraction of sp³-hybridized carbons (Fsp3) is 0.111. The number of hydrogen-bond acceptors (Lipinski definition) is 6. The minimum Gasteiger partial charge on any atom is -0.456 e. The number of aryl methyl sites for hydroxylation is 2. The van der Waals surface area contributed by atoms with Crippen molar-refractivity contribution >= 4 is 11.6 Å². The molecule has 7 nitrogen and oxygen atoms in total. The third-order valence-corrected chi connectivity index (χ3v) is 5.50. The van der Waals surface area contributed by atoms with E-state index >= 15 is 0 Å². The summed E-state index contributed by atoms with van der Waals surface area (Å²) in [4.78, 5) is 34.2. The lowest BCUT2D eigenvalue weighted by Gasteiger charge is -2.09. The monoisotopic (exact) mass is 451 g/mol. The fourth-order valence-corrected chi connectivity index (χ4v) is 3.75. The molecule has 0 N–H and O–H groups in total. The predicted molar refractivity (Wildman–Crippen MR) is 127 cm³/mol. The molecule has 0 fully saturated rings. The van der Waals surface area contributed by atoms with E-state index in [1.54, 1.807) is 36.5 Å². The molecule has 0 radical (unpaired) electrons. The van der Waals surface area contributed by atoms with Crippen molar-refractivity contribution in [3.63, 3.8) is 0 Å². The van der Waals surface area contributed by atoms with Crippen molar-refractivity contribution in [2.75, 3.05) is 0 Å². The third-order valence-electron chi connectivity index (χ3n) is 5.50. The Morgan fingerprint density at radius 3 is 2.62 bits per heavy atom.